The zero-order chi connectivity index (χ0) is 19.3. The molecule has 1 aromatic heterocycles. The number of Topliss-reactive ketones (excluding diaryl/α,β-unsaturated/α-hetero) is 1. The fourth-order valence-electron chi connectivity index (χ4n) is 1.93. The van der Waals surface area contributed by atoms with Gasteiger partial charge in [-0.2, -0.15) is 0 Å². The van der Waals surface area contributed by atoms with Crippen LogP contribution in [0.25, 0.3) is 0 Å². The van der Waals surface area contributed by atoms with Crippen LogP contribution in [0.15, 0.2) is 30.3 Å². The lowest BCUT2D eigenvalue weighted by molar-refractivity contribution is 0.0475. The van der Waals surface area contributed by atoms with E-state index < -0.39 is 40.0 Å². The van der Waals surface area contributed by atoms with E-state index in [0.717, 1.165) is 34.6 Å². The van der Waals surface area contributed by atoms with Crippen molar-refractivity contribution >= 4 is 33.1 Å². The highest BCUT2D eigenvalue weighted by Gasteiger charge is 2.15. The van der Waals surface area contributed by atoms with Gasteiger partial charge in [0.1, 0.15) is 0 Å². The van der Waals surface area contributed by atoms with E-state index in [1.807, 2.05) is 0 Å². The Morgan fingerprint density at radius 2 is 1.88 bits per heavy atom. The number of rotatable bonds is 8. The normalized spacial score (nSPS) is 11.3. The first-order valence-corrected chi connectivity index (χ1v) is 10.1. The number of benzene rings is 1. The third-order valence-corrected chi connectivity index (χ3v) is 5.08. The number of hydrogen-bond acceptors (Lipinski definition) is 6. The number of ether oxygens (including phenoxy) is 1. The number of ketones is 1. The summed E-state index contributed by atoms with van der Waals surface area (Å²) in [6.45, 7) is -0.336. The first kappa shape index (κ1) is 20.1. The Morgan fingerprint density at radius 3 is 2.54 bits per heavy atom. The summed E-state index contributed by atoms with van der Waals surface area (Å²) >= 11 is 1.16. The summed E-state index contributed by atoms with van der Waals surface area (Å²) < 4.78 is 55.1. The van der Waals surface area contributed by atoms with E-state index in [-0.39, 0.29) is 12.1 Å². The van der Waals surface area contributed by atoms with Gasteiger partial charge in [0, 0.05) is 11.4 Å². The maximum absolute atomic E-state index is 13.1. The smallest absolute Gasteiger partial charge is 0.338 e. The van der Waals surface area contributed by atoms with Gasteiger partial charge in [-0.15, -0.1) is 11.3 Å². The molecule has 0 saturated heterocycles. The maximum Gasteiger partial charge on any atom is 0.338 e. The summed E-state index contributed by atoms with van der Waals surface area (Å²) in [6, 6.07) is 5.78. The Morgan fingerprint density at radius 1 is 1.15 bits per heavy atom. The number of sulfonamides is 1. The molecule has 0 atom stereocenters. The van der Waals surface area contributed by atoms with Crippen LogP contribution < -0.4 is 4.72 Å². The van der Waals surface area contributed by atoms with E-state index in [4.69, 9.17) is 4.74 Å². The van der Waals surface area contributed by atoms with Crippen LogP contribution in [0.2, 0.25) is 0 Å². The Hall–Kier alpha value is -2.17. The molecule has 6 nitrogen and oxygen atoms in total. The molecule has 0 bridgehead atoms. The van der Waals surface area contributed by atoms with Crippen LogP contribution in [0.5, 0.6) is 0 Å². The monoisotopic (exact) mass is 403 g/mol. The fraction of sp³-hybridized carbons (Fsp3) is 0.250. The molecule has 0 saturated carbocycles. The second-order valence-electron chi connectivity index (χ2n) is 5.31. The quantitative estimate of drug-likeness (QED) is 0.539. The zero-order valence-corrected chi connectivity index (χ0v) is 15.3. The number of thiophene rings is 1. The largest absolute Gasteiger partial charge is 0.454 e. The van der Waals surface area contributed by atoms with Gasteiger partial charge in [0.05, 0.1) is 16.7 Å². The van der Waals surface area contributed by atoms with Gasteiger partial charge in [-0.1, -0.05) is 0 Å². The molecule has 2 rings (SSSR count). The SMILES string of the molecule is CS(=O)(=O)NCCc1ccc(C(=O)COC(=O)c2ccc(F)c(F)c2)s1. The average Bonchev–Trinajstić information content (AvgIpc) is 3.02. The van der Waals surface area contributed by atoms with Gasteiger partial charge in [0.25, 0.3) is 0 Å². The minimum Gasteiger partial charge on any atom is -0.454 e. The van der Waals surface area contributed by atoms with Gasteiger partial charge >= 0.3 is 5.97 Å². The standard InChI is InChI=1S/C16H15F2NO5S2/c1-26(22,23)19-7-6-11-3-5-15(25-11)14(20)9-24-16(21)10-2-4-12(17)13(18)8-10/h2-5,8,19H,6-7,9H2,1H3. The van der Waals surface area contributed by atoms with E-state index in [0.29, 0.717) is 17.4 Å². The summed E-state index contributed by atoms with van der Waals surface area (Å²) in [6.07, 6.45) is 1.47. The van der Waals surface area contributed by atoms with Crippen LogP contribution in [-0.2, 0) is 21.2 Å². The predicted molar refractivity (Wildman–Crippen MR) is 91.8 cm³/mol. The van der Waals surface area contributed by atoms with Gasteiger partial charge < -0.3 is 4.74 Å². The fourth-order valence-corrected chi connectivity index (χ4v) is 3.33. The summed E-state index contributed by atoms with van der Waals surface area (Å²) in [4.78, 5) is 24.9. The number of hydrogen-bond donors (Lipinski definition) is 1. The molecule has 1 heterocycles. The van der Waals surface area contributed by atoms with Crippen molar-refractivity contribution in [3.05, 3.63) is 57.3 Å². The van der Waals surface area contributed by atoms with E-state index in [9.17, 15) is 26.8 Å². The molecule has 1 aromatic carbocycles. The van der Waals surface area contributed by atoms with Crippen molar-refractivity contribution in [1.82, 2.24) is 4.72 Å². The van der Waals surface area contributed by atoms with Gasteiger partial charge in [0.2, 0.25) is 15.8 Å². The second-order valence-corrected chi connectivity index (χ2v) is 8.31. The molecule has 2 aromatic rings. The van der Waals surface area contributed by atoms with Crippen molar-refractivity contribution in [2.45, 2.75) is 6.42 Å². The van der Waals surface area contributed by atoms with Gasteiger partial charge in [-0.3, -0.25) is 4.79 Å². The Labute approximate surface area is 152 Å². The van der Waals surface area contributed by atoms with E-state index in [1.165, 1.54) is 0 Å². The average molecular weight is 403 g/mol. The van der Waals surface area contributed by atoms with Crippen LogP contribution in [-0.4, -0.2) is 39.6 Å². The van der Waals surface area contributed by atoms with Crippen molar-refractivity contribution in [3.63, 3.8) is 0 Å². The molecular weight excluding hydrogens is 388 g/mol. The maximum atomic E-state index is 13.1. The molecule has 0 unspecified atom stereocenters. The van der Waals surface area contributed by atoms with Crippen molar-refractivity contribution in [1.29, 1.82) is 0 Å². The molecule has 0 amide bonds. The minimum absolute atomic E-state index is 0.199. The number of esters is 1. The lowest BCUT2D eigenvalue weighted by Crippen LogP contribution is -2.24. The van der Waals surface area contributed by atoms with Crippen LogP contribution in [0.3, 0.4) is 0 Å². The first-order valence-electron chi connectivity index (χ1n) is 7.34. The van der Waals surface area contributed by atoms with Crippen molar-refractivity contribution in [2.24, 2.45) is 0 Å². The molecule has 0 fully saturated rings. The second kappa shape index (κ2) is 8.47. The van der Waals surface area contributed by atoms with E-state index in [1.54, 1.807) is 12.1 Å². The van der Waals surface area contributed by atoms with E-state index in [2.05, 4.69) is 4.72 Å². The molecule has 26 heavy (non-hydrogen) atoms. The molecular formula is C16H15F2NO5S2. The highest BCUT2D eigenvalue weighted by atomic mass is 32.2. The van der Waals surface area contributed by atoms with Crippen LogP contribution in [0, 0.1) is 11.6 Å². The molecule has 0 aliphatic rings. The number of halogens is 2. The van der Waals surface area contributed by atoms with Crippen molar-refractivity contribution in [2.75, 3.05) is 19.4 Å². The van der Waals surface area contributed by atoms with Crippen molar-refractivity contribution < 1.29 is 31.5 Å². The molecule has 10 heteroatoms. The van der Waals surface area contributed by atoms with Crippen LogP contribution >= 0.6 is 11.3 Å². The molecule has 0 aliphatic carbocycles. The number of carbonyl (C=O) groups is 2. The summed E-state index contributed by atoms with van der Waals surface area (Å²) in [5.74, 6) is -3.66. The summed E-state index contributed by atoms with van der Waals surface area (Å²) in [7, 11) is -3.27. The Kier molecular flexibility index (Phi) is 6.57. The zero-order valence-electron chi connectivity index (χ0n) is 13.6. The lowest BCUT2D eigenvalue weighted by Gasteiger charge is -2.04. The molecule has 0 spiro atoms. The molecule has 1 N–H and O–H groups in total. The Balaban J connectivity index is 1.87. The minimum atomic E-state index is -3.27. The van der Waals surface area contributed by atoms with Crippen molar-refractivity contribution in [3.8, 4) is 0 Å². The van der Waals surface area contributed by atoms with Gasteiger partial charge in [-0.05, 0) is 36.8 Å². The molecule has 0 radical (unpaired) electrons. The Bertz CT molecular complexity index is 924. The number of carbonyl (C=O) groups excluding carboxylic acids is 2. The predicted octanol–water partition coefficient (Wildman–Crippen LogP) is 2.16. The highest BCUT2D eigenvalue weighted by molar-refractivity contribution is 7.88. The molecule has 0 aliphatic heterocycles. The highest BCUT2D eigenvalue weighted by Crippen LogP contribution is 2.18. The van der Waals surface area contributed by atoms with Gasteiger partial charge in [-0.25, -0.2) is 26.7 Å². The topological polar surface area (TPSA) is 89.5 Å². The summed E-state index contributed by atoms with van der Waals surface area (Å²) in [5.41, 5.74) is -0.199. The number of nitrogens with one attached hydrogen (secondary N) is 1. The summed E-state index contributed by atoms with van der Waals surface area (Å²) in [5, 5.41) is 0. The lowest BCUT2D eigenvalue weighted by atomic mass is 10.2. The van der Waals surface area contributed by atoms with Crippen LogP contribution in [0.4, 0.5) is 8.78 Å². The first-order chi connectivity index (χ1) is 12.2. The van der Waals surface area contributed by atoms with E-state index >= 15 is 0 Å². The third-order valence-electron chi connectivity index (χ3n) is 3.16. The molecule has 140 valence electrons. The van der Waals surface area contributed by atoms with Gasteiger partial charge in [0.15, 0.2) is 18.2 Å². The van der Waals surface area contributed by atoms with Crippen LogP contribution in [0.1, 0.15) is 24.9 Å². The third kappa shape index (κ3) is 5.97.